The Morgan fingerprint density at radius 3 is 2.16 bits per heavy atom. The number of hydrogen-bond acceptors (Lipinski definition) is 5. The van der Waals surface area contributed by atoms with Crippen molar-refractivity contribution in [3.8, 4) is 5.75 Å². The molecule has 0 bridgehead atoms. The van der Waals surface area contributed by atoms with Crippen LogP contribution in [0.5, 0.6) is 5.75 Å². The lowest BCUT2D eigenvalue weighted by atomic mass is 10.2. The molecule has 0 aliphatic rings. The zero-order chi connectivity index (χ0) is 23.4. The molecule has 2 aromatic rings. The molecule has 6 nitrogen and oxygen atoms in total. The van der Waals surface area contributed by atoms with Crippen molar-refractivity contribution in [2.24, 2.45) is 0 Å². The Labute approximate surface area is 203 Å². The molecule has 0 radical (unpaired) electrons. The molecule has 2 rings (SSSR count). The standard InChI is InChI=1S/C23H26Cl3NO5/c1-30-21-11-7-18(8-12-21)14-32-16-20(28)10-9-19(27-22(29)23(24,25)26)15-31-13-17-5-3-2-4-6-17/h2-12,19-20,28H,13-16H2,1H3,(H,27,29)/t19-,20-/m1/s1. The molecule has 0 unspecified atom stereocenters. The molecule has 0 saturated heterocycles. The summed E-state index contributed by atoms with van der Waals surface area (Å²) in [6, 6.07) is 16.4. The van der Waals surface area contributed by atoms with E-state index in [2.05, 4.69) is 5.32 Å². The summed E-state index contributed by atoms with van der Waals surface area (Å²) in [7, 11) is 1.60. The van der Waals surface area contributed by atoms with Gasteiger partial charge in [-0.2, -0.15) is 0 Å². The number of rotatable bonds is 12. The maximum absolute atomic E-state index is 12.0. The molecule has 32 heavy (non-hydrogen) atoms. The van der Waals surface area contributed by atoms with Crippen LogP contribution in [0.2, 0.25) is 0 Å². The molecule has 2 aromatic carbocycles. The Morgan fingerprint density at radius 2 is 1.56 bits per heavy atom. The van der Waals surface area contributed by atoms with E-state index < -0.39 is 21.8 Å². The van der Waals surface area contributed by atoms with Crippen molar-refractivity contribution in [3.63, 3.8) is 0 Å². The van der Waals surface area contributed by atoms with E-state index in [1.807, 2.05) is 54.6 Å². The molecule has 174 valence electrons. The fourth-order valence-electron chi connectivity index (χ4n) is 2.61. The number of ether oxygens (including phenoxy) is 3. The lowest BCUT2D eigenvalue weighted by molar-refractivity contribution is -0.121. The average Bonchev–Trinajstić information content (AvgIpc) is 2.78. The summed E-state index contributed by atoms with van der Waals surface area (Å²) in [6.07, 6.45) is 2.19. The molecule has 0 aliphatic carbocycles. The molecule has 9 heteroatoms. The Bertz CT molecular complexity index is 841. The van der Waals surface area contributed by atoms with Gasteiger partial charge in [-0.1, -0.05) is 89.4 Å². The van der Waals surface area contributed by atoms with Crippen molar-refractivity contribution in [3.05, 3.63) is 77.9 Å². The van der Waals surface area contributed by atoms with Crippen LogP contribution in [0.25, 0.3) is 0 Å². The smallest absolute Gasteiger partial charge is 0.272 e. The monoisotopic (exact) mass is 501 g/mol. The summed E-state index contributed by atoms with van der Waals surface area (Å²) in [6.45, 7) is 0.876. The van der Waals surface area contributed by atoms with Crippen LogP contribution >= 0.6 is 34.8 Å². The zero-order valence-corrected chi connectivity index (χ0v) is 19.8. The third-order valence-corrected chi connectivity index (χ3v) is 4.78. The molecule has 0 saturated carbocycles. The highest BCUT2D eigenvalue weighted by Crippen LogP contribution is 2.26. The van der Waals surface area contributed by atoms with Crippen LogP contribution in [0.4, 0.5) is 0 Å². The van der Waals surface area contributed by atoms with Gasteiger partial charge in [0.1, 0.15) is 5.75 Å². The highest BCUT2D eigenvalue weighted by molar-refractivity contribution is 6.76. The number of nitrogens with one attached hydrogen (secondary N) is 1. The number of carbonyl (C=O) groups excluding carboxylic acids is 1. The predicted molar refractivity (Wildman–Crippen MR) is 126 cm³/mol. The molecule has 0 fully saturated rings. The lowest BCUT2D eigenvalue weighted by Crippen LogP contribution is -2.43. The summed E-state index contributed by atoms with van der Waals surface area (Å²) in [5.41, 5.74) is 1.93. The minimum absolute atomic E-state index is 0.0680. The minimum atomic E-state index is -2.11. The van der Waals surface area contributed by atoms with Crippen molar-refractivity contribution >= 4 is 40.7 Å². The number of hydrogen-bond donors (Lipinski definition) is 2. The van der Waals surface area contributed by atoms with E-state index in [9.17, 15) is 9.90 Å². The van der Waals surface area contributed by atoms with Crippen LogP contribution < -0.4 is 10.1 Å². The van der Waals surface area contributed by atoms with Gasteiger partial charge in [0.15, 0.2) is 0 Å². The molecule has 2 N–H and O–H groups in total. The molecule has 0 spiro atoms. The molecule has 0 heterocycles. The first-order chi connectivity index (χ1) is 15.3. The van der Waals surface area contributed by atoms with Crippen LogP contribution in [0.1, 0.15) is 11.1 Å². The Hall–Kier alpha value is -1.80. The highest BCUT2D eigenvalue weighted by Gasteiger charge is 2.31. The summed E-state index contributed by atoms with van der Waals surface area (Å²) in [5.74, 6) is -0.0279. The van der Waals surface area contributed by atoms with Gasteiger partial charge in [0.2, 0.25) is 0 Å². The van der Waals surface area contributed by atoms with E-state index in [1.165, 1.54) is 6.08 Å². The Morgan fingerprint density at radius 1 is 0.969 bits per heavy atom. The minimum Gasteiger partial charge on any atom is -0.497 e. The van der Waals surface area contributed by atoms with Crippen LogP contribution in [-0.4, -0.2) is 47.3 Å². The largest absolute Gasteiger partial charge is 0.497 e. The zero-order valence-electron chi connectivity index (χ0n) is 17.5. The van der Waals surface area contributed by atoms with Crippen LogP contribution in [0.3, 0.4) is 0 Å². The summed E-state index contributed by atoms with van der Waals surface area (Å²) in [5, 5.41) is 12.8. The second-order valence-corrected chi connectivity index (χ2v) is 9.18. The first kappa shape index (κ1) is 26.5. The molecule has 1 amide bonds. The summed E-state index contributed by atoms with van der Waals surface area (Å²) in [4.78, 5) is 12.0. The van der Waals surface area contributed by atoms with Crippen molar-refractivity contribution in [1.29, 1.82) is 0 Å². The third kappa shape index (κ3) is 10.2. The van der Waals surface area contributed by atoms with E-state index in [0.717, 1.165) is 16.9 Å². The molecule has 2 atom stereocenters. The van der Waals surface area contributed by atoms with Gasteiger partial charge in [-0.3, -0.25) is 4.79 Å². The van der Waals surface area contributed by atoms with E-state index in [4.69, 9.17) is 49.0 Å². The van der Waals surface area contributed by atoms with Gasteiger partial charge in [0.25, 0.3) is 9.70 Å². The first-order valence-electron chi connectivity index (χ1n) is 9.84. The van der Waals surface area contributed by atoms with Gasteiger partial charge < -0.3 is 24.6 Å². The van der Waals surface area contributed by atoms with Crippen molar-refractivity contribution in [2.75, 3.05) is 20.3 Å². The van der Waals surface area contributed by atoms with E-state index in [1.54, 1.807) is 13.2 Å². The maximum Gasteiger partial charge on any atom is 0.272 e. The fourth-order valence-corrected chi connectivity index (χ4v) is 2.77. The number of aliphatic hydroxyl groups is 1. The number of amides is 1. The SMILES string of the molecule is COc1ccc(COC[C@H](O)C=C[C@H](COCc2ccccc2)NC(=O)C(Cl)(Cl)Cl)cc1. The number of halogens is 3. The van der Waals surface area contributed by atoms with E-state index in [-0.39, 0.29) is 13.2 Å². The third-order valence-electron chi connectivity index (χ3n) is 4.26. The number of carbonyl (C=O) groups is 1. The number of aliphatic hydroxyl groups excluding tert-OH is 1. The number of methoxy groups -OCH3 is 1. The first-order valence-corrected chi connectivity index (χ1v) is 11.0. The van der Waals surface area contributed by atoms with E-state index in [0.29, 0.717) is 13.2 Å². The summed E-state index contributed by atoms with van der Waals surface area (Å²) < 4.78 is 14.2. The number of alkyl halides is 3. The van der Waals surface area contributed by atoms with Gasteiger partial charge in [-0.25, -0.2) is 0 Å². The molecule has 0 aromatic heterocycles. The van der Waals surface area contributed by atoms with Crippen molar-refractivity contribution in [2.45, 2.75) is 29.2 Å². The van der Waals surface area contributed by atoms with Crippen molar-refractivity contribution < 1.29 is 24.1 Å². The Kier molecular flexibility index (Phi) is 11.3. The second-order valence-electron chi connectivity index (χ2n) is 6.89. The lowest BCUT2D eigenvalue weighted by Gasteiger charge is -2.19. The maximum atomic E-state index is 12.0. The quantitative estimate of drug-likeness (QED) is 0.336. The Balaban J connectivity index is 1.85. The van der Waals surface area contributed by atoms with Gasteiger partial charge in [-0.05, 0) is 23.3 Å². The average molecular weight is 503 g/mol. The highest BCUT2D eigenvalue weighted by atomic mass is 35.6. The molecule has 0 aliphatic heterocycles. The van der Waals surface area contributed by atoms with E-state index >= 15 is 0 Å². The van der Waals surface area contributed by atoms with Crippen molar-refractivity contribution in [1.82, 2.24) is 5.32 Å². The normalized spacial score (nSPS) is 13.7. The summed E-state index contributed by atoms with van der Waals surface area (Å²) >= 11 is 16.9. The number of benzene rings is 2. The van der Waals surface area contributed by atoms with Gasteiger partial charge in [0, 0.05) is 0 Å². The molecular weight excluding hydrogens is 477 g/mol. The van der Waals surface area contributed by atoms with Gasteiger partial charge in [-0.15, -0.1) is 0 Å². The van der Waals surface area contributed by atoms with Gasteiger partial charge >= 0.3 is 0 Å². The molecular formula is C23H26Cl3NO5. The van der Waals surface area contributed by atoms with Crippen LogP contribution in [0.15, 0.2) is 66.7 Å². The topological polar surface area (TPSA) is 77.0 Å². The predicted octanol–water partition coefficient (Wildman–Crippen LogP) is 4.20. The second kappa shape index (κ2) is 13.7. The fraction of sp³-hybridized carbons (Fsp3) is 0.348. The van der Waals surface area contributed by atoms with Crippen LogP contribution in [0, 0.1) is 0 Å². The van der Waals surface area contributed by atoms with Crippen LogP contribution in [-0.2, 0) is 27.5 Å². The van der Waals surface area contributed by atoms with Gasteiger partial charge in [0.05, 0.1) is 45.7 Å².